The van der Waals surface area contributed by atoms with E-state index in [1.165, 1.54) is 25.3 Å². The molecule has 0 rings (SSSR count). The minimum Gasteiger partial charge on any atom is -0.299 e. The van der Waals surface area contributed by atoms with Crippen molar-refractivity contribution < 1.29 is 4.79 Å². The lowest BCUT2D eigenvalue weighted by atomic mass is 10.2. The van der Waals surface area contributed by atoms with E-state index in [0.29, 0.717) is 0 Å². The fraction of sp³-hybridized carbons (Fsp3) is 0.312. The molecule has 0 aromatic carbocycles. The van der Waals surface area contributed by atoms with Crippen LogP contribution in [0.3, 0.4) is 0 Å². The molecule has 0 aromatic heterocycles. The molecule has 0 saturated heterocycles. The molecule has 0 fully saturated rings. The van der Waals surface area contributed by atoms with Gasteiger partial charge in [-0.1, -0.05) is 74.4 Å². The largest absolute Gasteiger partial charge is 0.299 e. The summed E-state index contributed by atoms with van der Waals surface area (Å²) < 4.78 is 0. The first-order chi connectivity index (χ1) is 8.41. The summed E-state index contributed by atoms with van der Waals surface area (Å²) in [5.41, 5.74) is 0. The third-order valence-corrected chi connectivity index (χ3v) is 2.08. The maximum atomic E-state index is 9.95. The molecule has 0 radical (unpaired) electrons. The van der Waals surface area contributed by atoms with Gasteiger partial charge in [-0.2, -0.15) is 0 Å². The van der Waals surface area contributed by atoms with Crippen LogP contribution in [0, 0.1) is 0 Å². The normalized spacial score (nSPS) is 13.0. The standard InChI is InChI=1S/C16H22O/c1-2-3-4-5-6-7-8-9-10-11-12-13-14-15-16-17/h6-16H,2-5H2,1H3. The third-order valence-electron chi connectivity index (χ3n) is 2.08. The summed E-state index contributed by atoms with van der Waals surface area (Å²) in [6.45, 7) is 2.21. The lowest BCUT2D eigenvalue weighted by molar-refractivity contribution is -0.104. The first kappa shape index (κ1) is 15.4. The number of aldehydes is 1. The smallest absolute Gasteiger partial charge is 0.142 e. The summed E-state index contributed by atoms with van der Waals surface area (Å²) in [5.74, 6) is 0. The zero-order valence-corrected chi connectivity index (χ0v) is 10.6. The van der Waals surface area contributed by atoms with Crippen LogP contribution in [-0.4, -0.2) is 6.29 Å². The van der Waals surface area contributed by atoms with Crippen LogP contribution in [0.25, 0.3) is 0 Å². The highest BCUT2D eigenvalue weighted by molar-refractivity contribution is 5.65. The van der Waals surface area contributed by atoms with E-state index in [0.717, 1.165) is 12.7 Å². The van der Waals surface area contributed by atoms with E-state index in [2.05, 4.69) is 19.1 Å². The average molecular weight is 230 g/mol. The number of carbonyl (C=O) groups is 1. The van der Waals surface area contributed by atoms with E-state index >= 15 is 0 Å². The van der Waals surface area contributed by atoms with E-state index in [1.54, 1.807) is 6.08 Å². The first-order valence-corrected chi connectivity index (χ1v) is 6.18. The molecule has 0 atom stereocenters. The van der Waals surface area contributed by atoms with Gasteiger partial charge in [-0.05, 0) is 18.9 Å². The summed E-state index contributed by atoms with van der Waals surface area (Å²) in [4.78, 5) is 9.95. The van der Waals surface area contributed by atoms with Crippen LogP contribution in [-0.2, 0) is 4.79 Å². The molecule has 0 spiro atoms. The Kier molecular flexibility index (Phi) is 13.0. The van der Waals surface area contributed by atoms with Crippen molar-refractivity contribution >= 4 is 6.29 Å². The van der Waals surface area contributed by atoms with Gasteiger partial charge >= 0.3 is 0 Å². The maximum Gasteiger partial charge on any atom is 0.142 e. The highest BCUT2D eigenvalue weighted by atomic mass is 16.1. The summed E-state index contributed by atoms with van der Waals surface area (Å²) in [6.07, 6.45) is 24.8. The lowest BCUT2D eigenvalue weighted by Crippen LogP contribution is -1.69. The molecule has 0 amide bonds. The maximum absolute atomic E-state index is 9.95. The molecule has 0 aliphatic heterocycles. The molecule has 92 valence electrons. The van der Waals surface area contributed by atoms with Crippen LogP contribution in [0.2, 0.25) is 0 Å². The molecule has 0 N–H and O–H groups in total. The molecule has 0 bridgehead atoms. The monoisotopic (exact) mass is 230 g/mol. The van der Waals surface area contributed by atoms with Gasteiger partial charge in [0.05, 0.1) is 0 Å². The number of allylic oxidation sites excluding steroid dienone is 10. The topological polar surface area (TPSA) is 17.1 Å². The highest BCUT2D eigenvalue weighted by Crippen LogP contribution is 1.99. The molecule has 0 aromatic rings. The van der Waals surface area contributed by atoms with Gasteiger partial charge in [0.2, 0.25) is 0 Å². The van der Waals surface area contributed by atoms with Crippen LogP contribution in [0.4, 0.5) is 0 Å². The fourth-order valence-corrected chi connectivity index (χ4v) is 1.18. The van der Waals surface area contributed by atoms with E-state index in [-0.39, 0.29) is 0 Å². The van der Waals surface area contributed by atoms with Gasteiger partial charge in [-0.15, -0.1) is 0 Å². The van der Waals surface area contributed by atoms with Crippen molar-refractivity contribution in [3.05, 3.63) is 60.8 Å². The second kappa shape index (κ2) is 14.4. The van der Waals surface area contributed by atoms with Crippen molar-refractivity contribution in [2.24, 2.45) is 0 Å². The number of hydrogen-bond acceptors (Lipinski definition) is 1. The fourth-order valence-electron chi connectivity index (χ4n) is 1.18. The summed E-state index contributed by atoms with van der Waals surface area (Å²) in [7, 11) is 0. The molecule has 1 nitrogen and oxygen atoms in total. The predicted octanol–water partition coefficient (Wildman–Crippen LogP) is 4.55. The Morgan fingerprint density at radius 2 is 1.24 bits per heavy atom. The molecule has 0 heterocycles. The quantitative estimate of drug-likeness (QED) is 0.246. The van der Waals surface area contributed by atoms with Crippen LogP contribution in [0.15, 0.2) is 60.8 Å². The van der Waals surface area contributed by atoms with Gasteiger partial charge in [-0.3, -0.25) is 4.79 Å². The molecule has 0 aliphatic rings. The van der Waals surface area contributed by atoms with E-state index in [9.17, 15) is 4.79 Å². The van der Waals surface area contributed by atoms with Gasteiger partial charge in [0, 0.05) is 0 Å². The van der Waals surface area contributed by atoms with Gasteiger partial charge in [-0.25, -0.2) is 0 Å². The summed E-state index contributed by atoms with van der Waals surface area (Å²) in [6, 6.07) is 0. The van der Waals surface area contributed by atoms with Crippen LogP contribution >= 0.6 is 0 Å². The van der Waals surface area contributed by atoms with Crippen LogP contribution in [0.1, 0.15) is 32.6 Å². The van der Waals surface area contributed by atoms with Gasteiger partial charge in [0.15, 0.2) is 0 Å². The molecule has 17 heavy (non-hydrogen) atoms. The first-order valence-electron chi connectivity index (χ1n) is 6.18. The number of rotatable bonds is 9. The van der Waals surface area contributed by atoms with Gasteiger partial charge < -0.3 is 0 Å². The Hall–Kier alpha value is -1.63. The predicted molar refractivity (Wildman–Crippen MR) is 75.9 cm³/mol. The Morgan fingerprint density at radius 3 is 1.76 bits per heavy atom. The van der Waals surface area contributed by atoms with E-state index in [1.807, 2.05) is 36.5 Å². The van der Waals surface area contributed by atoms with Crippen LogP contribution in [0.5, 0.6) is 0 Å². The second-order valence-corrected chi connectivity index (χ2v) is 3.60. The molecular weight excluding hydrogens is 208 g/mol. The van der Waals surface area contributed by atoms with Crippen molar-refractivity contribution in [3.8, 4) is 0 Å². The highest BCUT2D eigenvalue weighted by Gasteiger charge is 1.79. The molecule has 0 unspecified atom stereocenters. The Balaban J connectivity index is 3.58. The van der Waals surface area contributed by atoms with Gasteiger partial charge in [0.25, 0.3) is 0 Å². The minimum absolute atomic E-state index is 0.761. The molecule has 1 heteroatoms. The zero-order chi connectivity index (χ0) is 12.6. The summed E-state index contributed by atoms with van der Waals surface area (Å²) in [5, 5.41) is 0. The lowest BCUT2D eigenvalue weighted by Gasteiger charge is -1.89. The number of unbranched alkanes of at least 4 members (excludes halogenated alkanes) is 3. The number of carbonyl (C=O) groups excluding carboxylic acids is 1. The van der Waals surface area contributed by atoms with E-state index < -0.39 is 0 Å². The number of hydrogen-bond donors (Lipinski definition) is 0. The van der Waals surface area contributed by atoms with Crippen molar-refractivity contribution in [2.75, 3.05) is 0 Å². The van der Waals surface area contributed by atoms with Crippen molar-refractivity contribution in [1.29, 1.82) is 0 Å². The Labute approximate surface area is 105 Å². The average Bonchev–Trinajstić information content (AvgIpc) is 2.35. The second-order valence-electron chi connectivity index (χ2n) is 3.60. The molecule has 0 aliphatic carbocycles. The van der Waals surface area contributed by atoms with Crippen molar-refractivity contribution in [2.45, 2.75) is 32.6 Å². The van der Waals surface area contributed by atoms with Gasteiger partial charge in [0.1, 0.15) is 6.29 Å². The van der Waals surface area contributed by atoms with Crippen LogP contribution < -0.4 is 0 Å². The molecule has 0 saturated carbocycles. The third kappa shape index (κ3) is 14.4. The van der Waals surface area contributed by atoms with Crippen molar-refractivity contribution in [3.63, 3.8) is 0 Å². The summed E-state index contributed by atoms with van der Waals surface area (Å²) >= 11 is 0. The Bertz CT molecular complexity index is 303. The van der Waals surface area contributed by atoms with E-state index in [4.69, 9.17) is 0 Å². The molecular formula is C16H22O. The SMILES string of the molecule is CCCCCC=CC=CC=CC=CC=CC=O. The zero-order valence-electron chi connectivity index (χ0n) is 10.6. The minimum atomic E-state index is 0.761. The Morgan fingerprint density at radius 1 is 0.706 bits per heavy atom. The van der Waals surface area contributed by atoms with Crippen molar-refractivity contribution in [1.82, 2.24) is 0 Å².